The van der Waals surface area contributed by atoms with Crippen LogP contribution in [0.1, 0.15) is 16.8 Å². The minimum absolute atomic E-state index is 0.0584. The number of H-pyrrole nitrogens is 1. The van der Waals surface area contributed by atoms with Crippen molar-refractivity contribution in [3.8, 4) is 0 Å². The molecule has 0 spiro atoms. The Bertz CT molecular complexity index is 623. The van der Waals surface area contributed by atoms with Crippen molar-refractivity contribution in [2.45, 2.75) is 12.6 Å². The lowest BCUT2D eigenvalue weighted by Crippen LogP contribution is -2.14. The fourth-order valence-electron chi connectivity index (χ4n) is 1.40. The van der Waals surface area contributed by atoms with Crippen LogP contribution >= 0.6 is 0 Å². The fraction of sp³-hybridized carbons (Fsp3) is 0.200. The molecule has 0 radical (unpaired) electrons. The first-order valence-corrected chi connectivity index (χ1v) is 4.58. The second-order valence-electron chi connectivity index (χ2n) is 3.44. The summed E-state index contributed by atoms with van der Waals surface area (Å²) in [5.74, 6) is -1.79. The molecule has 0 amide bonds. The fourth-order valence-corrected chi connectivity index (χ4v) is 1.40. The molecule has 0 aliphatic rings. The number of halogens is 3. The van der Waals surface area contributed by atoms with Gasteiger partial charge in [0.1, 0.15) is 6.42 Å². The minimum atomic E-state index is -4.55. The van der Waals surface area contributed by atoms with E-state index in [1.807, 2.05) is 0 Å². The molecule has 1 aromatic heterocycles. The number of benzene rings is 1. The number of carbonyl (C=O) groups is 1. The van der Waals surface area contributed by atoms with Gasteiger partial charge in [-0.25, -0.2) is 4.79 Å². The third kappa shape index (κ3) is 2.55. The molecule has 0 saturated carbocycles. The van der Waals surface area contributed by atoms with Gasteiger partial charge in [-0.3, -0.25) is 9.78 Å². The van der Waals surface area contributed by atoms with Crippen molar-refractivity contribution in [1.29, 1.82) is 0 Å². The van der Waals surface area contributed by atoms with E-state index in [9.17, 15) is 22.8 Å². The Morgan fingerprint density at radius 3 is 2.71 bits per heavy atom. The van der Waals surface area contributed by atoms with Crippen molar-refractivity contribution >= 4 is 16.9 Å². The predicted molar refractivity (Wildman–Crippen MR) is 51.8 cm³/mol. The van der Waals surface area contributed by atoms with E-state index in [4.69, 9.17) is 0 Å². The number of hydrogen-bond acceptors (Lipinski definition) is 3. The molecule has 1 N–H and O–H groups in total. The van der Waals surface area contributed by atoms with Gasteiger partial charge in [-0.2, -0.15) is 13.2 Å². The van der Waals surface area contributed by atoms with Gasteiger partial charge in [0.25, 0.3) is 0 Å². The van der Waals surface area contributed by atoms with Crippen LogP contribution in [0.15, 0.2) is 27.4 Å². The van der Waals surface area contributed by atoms with Crippen LogP contribution in [-0.2, 0) is 0 Å². The second-order valence-corrected chi connectivity index (χ2v) is 3.44. The lowest BCUT2D eigenvalue weighted by Gasteiger charge is -2.04. The molecule has 0 saturated heterocycles. The van der Waals surface area contributed by atoms with Gasteiger partial charge >= 0.3 is 11.9 Å². The summed E-state index contributed by atoms with van der Waals surface area (Å²) in [6.07, 6.45) is -6.09. The molecule has 0 aliphatic heterocycles. The maximum Gasteiger partial charge on any atom is 0.417 e. The molecule has 7 heteroatoms. The zero-order valence-electron chi connectivity index (χ0n) is 8.30. The number of alkyl halides is 3. The van der Waals surface area contributed by atoms with Gasteiger partial charge in [-0.15, -0.1) is 0 Å². The first kappa shape index (κ1) is 11.4. The quantitative estimate of drug-likeness (QED) is 0.825. The van der Waals surface area contributed by atoms with Crippen LogP contribution in [0.2, 0.25) is 0 Å². The second kappa shape index (κ2) is 3.76. The first-order valence-electron chi connectivity index (χ1n) is 4.58. The largest absolute Gasteiger partial charge is 0.417 e. The molecule has 17 heavy (non-hydrogen) atoms. The molecule has 90 valence electrons. The van der Waals surface area contributed by atoms with Crippen LogP contribution in [0.5, 0.6) is 0 Å². The van der Waals surface area contributed by atoms with Crippen LogP contribution < -0.4 is 5.76 Å². The Labute approximate surface area is 92.0 Å². The smallest absolute Gasteiger partial charge is 0.408 e. The molecule has 4 nitrogen and oxygen atoms in total. The maximum absolute atomic E-state index is 12.0. The third-order valence-electron chi connectivity index (χ3n) is 2.10. The summed E-state index contributed by atoms with van der Waals surface area (Å²) in [5.41, 5.74) is 0.249. The number of ketones is 1. The summed E-state index contributed by atoms with van der Waals surface area (Å²) < 4.78 is 40.7. The molecule has 1 heterocycles. The molecular formula is C10H6F3NO3. The summed E-state index contributed by atoms with van der Waals surface area (Å²) in [5, 5.41) is 0. The molecule has 0 bridgehead atoms. The Hall–Kier alpha value is -2.05. The normalized spacial score (nSPS) is 11.9. The van der Waals surface area contributed by atoms with Gasteiger partial charge < -0.3 is 4.42 Å². The predicted octanol–water partition coefficient (Wildman–Crippen LogP) is 2.26. The van der Waals surface area contributed by atoms with Crippen LogP contribution in [-0.4, -0.2) is 16.9 Å². The highest BCUT2D eigenvalue weighted by atomic mass is 19.4. The van der Waals surface area contributed by atoms with E-state index in [1.165, 1.54) is 12.1 Å². The van der Waals surface area contributed by atoms with Crippen LogP contribution in [0.3, 0.4) is 0 Å². The van der Waals surface area contributed by atoms with Gasteiger partial charge in [0.05, 0.1) is 5.52 Å². The average molecular weight is 245 g/mol. The molecule has 0 fully saturated rings. The van der Waals surface area contributed by atoms with Gasteiger partial charge in [0, 0.05) is 5.56 Å². The average Bonchev–Trinajstić information content (AvgIpc) is 2.53. The lowest BCUT2D eigenvalue weighted by molar-refractivity contribution is -0.125. The third-order valence-corrected chi connectivity index (χ3v) is 2.10. The summed E-state index contributed by atoms with van der Waals surface area (Å²) >= 11 is 0. The van der Waals surface area contributed by atoms with Gasteiger partial charge in [-0.1, -0.05) is 0 Å². The number of Topliss-reactive ketones (excluding diaryl/α,β-unsaturated/α-hetero) is 1. The van der Waals surface area contributed by atoms with Gasteiger partial charge in [0.2, 0.25) is 0 Å². The number of nitrogens with one attached hydrogen (secondary N) is 1. The zero-order chi connectivity index (χ0) is 12.6. The van der Waals surface area contributed by atoms with E-state index in [0.717, 1.165) is 6.07 Å². The Kier molecular flexibility index (Phi) is 2.53. The van der Waals surface area contributed by atoms with Crippen LogP contribution in [0, 0.1) is 0 Å². The summed E-state index contributed by atoms with van der Waals surface area (Å²) in [6, 6.07) is 3.65. The number of fused-ring (bicyclic) bond motifs is 1. The lowest BCUT2D eigenvalue weighted by atomic mass is 10.1. The number of aromatic nitrogens is 1. The van der Waals surface area contributed by atoms with Gasteiger partial charge in [0.15, 0.2) is 11.4 Å². The maximum atomic E-state index is 12.0. The minimum Gasteiger partial charge on any atom is -0.408 e. The van der Waals surface area contributed by atoms with Crippen LogP contribution in [0.4, 0.5) is 13.2 Å². The highest BCUT2D eigenvalue weighted by Crippen LogP contribution is 2.23. The summed E-state index contributed by atoms with van der Waals surface area (Å²) in [6.45, 7) is 0. The van der Waals surface area contributed by atoms with Crippen LogP contribution in [0.25, 0.3) is 11.1 Å². The number of rotatable bonds is 2. The van der Waals surface area contributed by atoms with E-state index in [1.54, 1.807) is 0 Å². The van der Waals surface area contributed by atoms with Crippen molar-refractivity contribution in [2.24, 2.45) is 0 Å². The molecule has 0 atom stereocenters. The summed E-state index contributed by atoms with van der Waals surface area (Å²) in [7, 11) is 0. The van der Waals surface area contributed by atoms with Crippen molar-refractivity contribution in [2.75, 3.05) is 0 Å². The Morgan fingerprint density at radius 2 is 2.06 bits per heavy atom. The topological polar surface area (TPSA) is 63.1 Å². The van der Waals surface area contributed by atoms with E-state index in [0.29, 0.717) is 5.52 Å². The van der Waals surface area contributed by atoms with E-state index >= 15 is 0 Å². The molecule has 0 unspecified atom stereocenters. The first-order chi connectivity index (χ1) is 7.85. The number of aromatic amines is 1. The van der Waals surface area contributed by atoms with Crippen molar-refractivity contribution in [3.05, 3.63) is 34.3 Å². The van der Waals surface area contributed by atoms with E-state index < -0.39 is 24.1 Å². The monoisotopic (exact) mass is 245 g/mol. The molecule has 2 rings (SSSR count). The zero-order valence-corrected chi connectivity index (χ0v) is 8.30. The van der Waals surface area contributed by atoms with Gasteiger partial charge in [-0.05, 0) is 18.2 Å². The SMILES string of the molecule is O=C(CC(F)(F)F)c1ccc2[nH]c(=O)oc2c1. The van der Waals surface area contributed by atoms with Crippen molar-refractivity contribution in [1.82, 2.24) is 4.98 Å². The standard InChI is InChI=1S/C10H6F3NO3/c11-10(12,13)4-7(15)5-1-2-6-8(3-5)17-9(16)14-6/h1-3H,4H2,(H,14,16). The number of hydrogen-bond donors (Lipinski definition) is 1. The summed E-state index contributed by atoms with van der Waals surface area (Å²) in [4.78, 5) is 24.4. The Morgan fingerprint density at radius 1 is 1.35 bits per heavy atom. The van der Waals surface area contributed by atoms with E-state index in [2.05, 4.69) is 9.40 Å². The molecule has 0 aliphatic carbocycles. The van der Waals surface area contributed by atoms with Crippen molar-refractivity contribution in [3.63, 3.8) is 0 Å². The molecular weight excluding hydrogens is 239 g/mol. The van der Waals surface area contributed by atoms with E-state index in [-0.39, 0.29) is 11.1 Å². The highest BCUT2D eigenvalue weighted by molar-refractivity contribution is 5.98. The molecule has 1 aromatic carbocycles. The Balaban J connectivity index is 2.36. The highest BCUT2D eigenvalue weighted by Gasteiger charge is 2.31. The van der Waals surface area contributed by atoms with Crippen molar-refractivity contribution < 1.29 is 22.4 Å². The molecule has 2 aromatic rings. The number of carbonyl (C=O) groups excluding carboxylic acids is 1. The number of oxazole rings is 1.